The zero-order chi connectivity index (χ0) is 19.4. The van der Waals surface area contributed by atoms with Gasteiger partial charge in [0.05, 0.1) is 24.9 Å². The van der Waals surface area contributed by atoms with Gasteiger partial charge in [-0.25, -0.2) is 0 Å². The van der Waals surface area contributed by atoms with Gasteiger partial charge in [-0.3, -0.25) is 9.59 Å². The molecule has 0 radical (unpaired) electrons. The van der Waals surface area contributed by atoms with Crippen LogP contribution in [0.3, 0.4) is 0 Å². The Balaban J connectivity index is 1.99. The van der Waals surface area contributed by atoms with Crippen molar-refractivity contribution in [2.24, 2.45) is 0 Å². The number of aryl methyl sites for hydroxylation is 1. The second-order valence-electron chi connectivity index (χ2n) is 6.20. The number of benzene rings is 2. The Kier molecular flexibility index (Phi) is 5.35. The van der Waals surface area contributed by atoms with Gasteiger partial charge in [0.1, 0.15) is 0 Å². The molecule has 6 nitrogen and oxygen atoms in total. The highest BCUT2D eigenvalue weighted by atomic mass is 16.5. The van der Waals surface area contributed by atoms with Gasteiger partial charge in [0.15, 0.2) is 11.4 Å². The fraction of sp³-hybridized carbons (Fsp3) is 0.190. The smallest absolute Gasteiger partial charge is 0.276 e. The first-order chi connectivity index (χ1) is 13.0. The molecule has 1 heterocycles. The molecule has 3 aromatic rings. The highest BCUT2D eigenvalue weighted by Gasteiger charge is 2.20. The minimum atomic E-state index is -0.412. The molecule has 1 amide bonds. The molecule has 0 aliphatic carbocycles. The summed E-state index contributed by atoms with van der Waals surface area (Å²) in [5.41, 5.74) is 2.16. The van der Waals surface area contributed by atoms with Crippen LogP contribution in [0.25, 0.3) is 5.69 Å². The third-order valence-corrected chi connectivity index (χ3v) is 4.32. The molecule has 0 spiro atoms. The van der Waals surface area contributed by atoms with E-state index in [0.29, 0.717) is 5.69 Å². The molecule has 0 aliphatic heterocycles. The average Bonchev–Trinajstić information content (AvgIpc) is 2.69. The Morgan fingerprint density at radius 2 is 1.78 bits per heavy atom. The lowest BCUT2D eigenvalue weighted by Gasteiger charge is -2.16. The van der Waals surface area contributed by atoms with Gasteiger partial charge in [-0.1, -0.05) is 48.5 Å². The van der Waals surface area contributed by atoms with Crippen molar-refractivity contribution in [2.75, 3.05) is 7.11 Å². The summed E-state index contributed by atoms with van der Waals surface area (Å²) < 4.78 is 6.44. The summed E-state index contributed by atoms with van der Waals surface area (Å²) in [7, 11) is 1.41. The number of rotatable bonds is 5. The molecule has 6 heteroatoms. The summed E-state index contributed by atoms with van der Waals surface area (Å²) in [6.07, 6.45) is 0. The van der Waals surface area contributed by atoms with Crippen LogP contribution in [0, 0.1) is 6.92 Å². The van der Waals surface area contributed by atoms with E-state index in [1.54, 1.807) is 6.07 Å². The van der Waals surface area contributed by atoms with Crippen molar-refractivity contribution in [3.63, 3.8) is 0 Å². The van der Waals surface area contributed by atoms with Gasteiger partial charge in [0.2, 0.25) is 0 Å². The maximum Gasteiger partial charge on any atom is 0.276 e. The molecule has 0 fully saturated rings. The van der Waals surface area contributed by atoms with Crippen molar-refractivity contribution in [3.8, 4) is 11.4 Å². The summed E-state index contributed by atoms with van der Waals surface area (Å²) >= 11 is 0. The van der Waals surface area contributed by atoms with E-state index in [1.807, 2.05) is 62.4 Å². The number of nitrogens with zero attached hydrogens (tertiary/aromatic N) is 2. The van der Waals surface area contributed by atoms with Gasteiger partial charge in [0.25, 0.3) is 11.5 Å². The fourth-order valence-corrected chi connectivity index (χ4v) is 2.82. The Hall–Kier alpha value is -3.41. The van der Waals surface area contributed by atoms with E-state index in [1.165, 1.54) is 17.9 Å². The maximum atomic E-state index is 12.8. The Morgan fingerprint density at radius 1 is 1.11 bits per heavy atom. The number of aromatic nitrogens is 2. The molecule has 3 rings (SSSR count). The van der Waals surface area contributed by atoms with Crippen LogP contribution in [0.2, 0.25) is 0 Å². The molecule has 0 saturated carbocycles. The standard InChI is InChI=1S/C21H21N3O3/c1-14-9-7-8-12-17(14)24-19(25)13-18(27-3)20(23-24)21(26)22-15(2)16-10-5-4-6-11-16/h4-13,15H,1-3H3,(H,22,26)/t15-/m1/s1. The SMILES string of the molecule is COc1cc(=O)n(-c2ccccc2C)nc1C(=O)N[C@H](C)c1ccccc1. The molecular formula is C21H21N3O3. The summed E-state index contributed by atoms with van der Waals surface area (Å²) in [4.78, 5) is 25.3. The number of carbonyl (C=O) groups excluding carboxylic acids is 1. The van der Waals surface area contributed by atoms with Gasteiger partial charge in [0, 0.05) is 0 Å². The predicted octanol–water partition coefficient (Wildman–Crippen LogP) is 3.04. The number of hydrogen-bond acceptors (Lipinski definition) is 4. The zero-order valence-corrected chi connectivity index (χ0v) is 15.5. The van der Waals surface area contributed by atoms with Crippen molar-refractivity contribution in [1.82, 2.24) is 15.1 Å². The van der Waals surface area contributed by atoms with Gasteiger partial charge < -0.3 is 10.1 Å². The zero-order valence-electron chi connectivity index (χ0n) is 15.5. The second kappa shape index (κ2) is 7.86. The Bertz CT molecular complexity index is 1010. The third kappa shape index (κ3) is 3.89. The number of methoxy groups -OCH3 is 1. The first-order valence-corrected chi connectivity index (χ1v) is 8.61. The van der Waals surface area contributed by atoms with Crippen LogP contribution in [0.4, 0.5) is 0 Å². The number of amides is 1. The van der Waals surface area contributed by atoms with Crippen molar-refractivity contribution >= 4 is 5.91 Å². The first kappa shape index (κ1) is 18.4. The minimum absolute atomic E-state index is 0.0585. The molecule has 2 aromatic carbocycles. The monoisotopic (exact) mass is 363 g/mol. The third-order valence-electron chi connectivity index (χ3n) is 4.32. The lowest BCUT2D eigenvalue weighted by Crippen LogP contribution is -2.31. The molecule has 0 aliphatic rings. The van der Waals surface area contributed by atoms with Crippen LogP contribution >= 0.6 is 0 Å². The van der Waals surface area contributed by atoms with E-state index >= 15 is 0 Å². The summed E-state index contributed by atoms with van der Waals surface area (Å²) in [6.45, 7) is 3.77. The second-order valence-corrected chi connectivity index (χ2v) is 6.20. The van der Waals surface area contributed by atoms with Crippen molar-refractivity contribution < 1.29 is 9.53 Å². The number of nitrogens with one attached hydrogen (secondary N) is 1. The molecule has 1 aromatic heterocycles. The van der Waals surface area contributed by atoms with Crippen molar-refractivity contribution in [2.45, 2.75) is 19.9 Å². The number of hydrogen-bond donors (Lipinski definition) is 1. The molecule has 0 bridgehead atoms. The summed E-state index contributed by atoms with van der Waals surface area (Å²) in [5, 5.41) is 7.19. The van der Waals surface area contributed by atoms with E-state index in [-0.39, 0.29) is 23.0 Å². The lowest BCUT2D eigenvalue weighted by molar-refractivity contribution is 0.0929. The van der Waals surface area contributed by atoms with E-state index in [0.717, 1.165) is 11.1 Å². The quantitative estimate of drug-likeness (QED) is 0.756. The minimum Gasteiger partial charge on any atom is -0.494 e. The van der Waals surface area contributed by atoms with Crippen LogP contribution in [0.5, 0.6) is 5.75 Å². The summed E-state index contributed by atoms with van der Waals surface area (Å²) in [5.74, 6) is -0.270. The highest BCUT2D eigenvalue weighted by Crippen LogP contribution is 2.18. The largest absolute Gasteiger partial charge is 0.494 e. The van der Waals surface area contributed by atoms with E-state index in [2.05, 4.69) is 10.4 Å². The number of carbonyl (C=O) groups is 1. The Labute approximate surface area is 157 Å². The van der Waals surface area contributed by atoms with Crippen LogP contribution < -0.4 is 15.6 Å². The van der Waals surface area contributed by atoms with E-state index in [9.17, 15) is 9.59 Å². The topological polar surface area (TPSA) is 73.2 Å². The normalized spacial score (nSPS) is 11.7. The first-order valence-electron chi connectivity index (χ1n) is 8.61. The molecular weight excluding hydrogens is 342 g/mol. The molecule has 27 heavy (non-hydrogen) atoms. The van der Waals surface area contributed by atoms with Gasteiger partial charge >= 0.3 is 0 Å². The van der Waals surface area contributed by atoms with Gasteiger partial charge in [-0.15, -0.1) is 0 Å². The fourth-order valence-electron chi connectivity index (χ4n) is 2.82. The summed E-state index contributed by atoms with van der Waals surface area (Å²) in [6, 6.07) is 18.0. The van der Waals surface area contributed by atoms with Crippen molar-refractivity contribution in [1.29, 1.82) is 0 Å². The highest BCUT2D eigenvalue weighted by molar-refractivity contribution is 5.95. The molecule has 1 N–H and O–H groups in total. The van der Waals surface area contributed by atoms with Crippen LogP contribution in [-0.2, 0) is 0 Å². The van der Waals surface area contributed by atoms with Crippen LogP contribution in [0.1, 0.15) is 34.6 Å². The Morgan fingerprint density at radius 3 is 2.44 bits per heavy atom. The van der Waals surface area contributed by atoms with Gasteiger partial charge in [-0.05, 0) is 31.0 Å². The molecule has 1 atom stereocenters. The lowest BCUT2D eigenvalue weighted by atomic mass is 10.1. The van der Waals surface area contributed by atoms with Gasteiger partial charge in [-0.2, -0.15) is 9.78 Å². The number of para-hydroxylation sites is 1. The van der Waals surface area contributed by atoms with E-state index < -0.39 is 5.91 Å². The van der Waals surface area contributed by atoms with Crippen molar-refractivity contribution in [3.05, 3.63) is 87.8 Å². The number of ether oxygens (including phenoxy) is 1. The average molecular weight is 363 g/mol. The molecule has 0 saturated heterocycles. The molecule has 0 unspecified atom stereocenters. The van der Waals surface area contributed by atoms with Crippen LogP contribution in [-0.4, -0.2) is 22.8 Å². The predicted molar refractivity (Wildman–Crippen MR) is 103 cm³/mol. The van der Waals surface area contributed by atoms with Crippen LogP contribution in [0.15, 0.2) is 65.5 Å². The maximum absolute atomic E-state index is 12.8. The molecule has 138 valence electrons. The van der Waals surface area contributed by atoms with E-state index in [4.69, 9.17) is 4.74 Å².